The summed E-state index contributed by atoms with van der Waals surface area (Å²) >= 11 is 0. The number of nitrogens with zero attached hydrogens (tertiary/aromatic N) is 1. The van der Waals surface area contributed by atoms with Gasteiger partial charge in [-0.2, -0.15) is 0 Å². The highest BCUT2D eigenvalue weighted by atomic mass is 16.3. The zero-order valence-corrected chi connectivity index (χ0v) is 6.99. The van der Waals surface area contributed by atoms with Crippen molar-refractivity contribution in [1.29, 1.82) is 0 Å². The van der Waals surface area contributed by atoms with E-state index in [2.05, 4.69) is 7.85 Å². The number of rotatable bonds is 1. The van der Waals surface area contributed by atoms with E-state index in [1.807, 2.05) is 36.0 Å². The molecule has 0 fully saturated rings. The van der Waals surface area contributed by atoms with Crippen LogP contribution in [0.5, 0.6) is 0 Å². The number of aryl methyl sites for hydroxylation is 1. The Kier molecular flexibility index (Phi) is 5.48. The molecule has 0 saturated carbocycles. The second-order valence-corrected chi connectivity index (χ2v) is 1.96. The van der Waals surface area contributed by atoms with Gasteiger partial charge in [-0.3, -0.25) is 0 Å². The second kappa shape index (κ2) is 5.92. The zero-order valence-electron chi connectivity index (χ0n) is 6.99. The molecule has 58 valence electrons. The standard InChI is InChI=1S/C7H10NO.CH3B/c1-8-5-3-2-4-7(8)6-9;1-2/h2-5,9H,6H2,1H3;1H3/q+1;. The summed E-state index contributed by atoms with van der Waals surface area (Å²) in [6.07, 6.45) is 1.91. The summed E-state index contributed by atoms with van der Waals surface area (Å²) in [4.78, 5) is 0. The van der Waals surface area contributed by atoms with Crippen molar-refractivity contribution in [1.82, 2.24) is 0 Å². The highest BCUT2D eigenvalue weighted by molar-refractivity contribution is 6.05. The summed E-state index contributed by atoms with van der Waals surface area (Å²) < 4.78 is 1.89. The van der Waals surface area contributed by atoms with Gasteiger partial charge in [0.25, 0.3) is 0 Å². The van der Waals surface area contributed by atoms with E-state index in [1.54, 1.807) is 0 Å². The molecule has 0 aliphatic carbocycles. The van der Waals surface area contributed by atoms with Crippen LogP contribution in [0.3, 0.4) is 0 Å². The monoisotopic (exact) mass is 150 g/mol. The number of hydrogen-bond donors (Lipinski definition) is 1. The van der Waals surface area contributed by atoms with Crippen LogP contribution in [0.2, 0.25) is 6.82 Å². The van der Waals surface area contributed by atoms with Crippen molar-refractivity contribution in [3.8, 4) is 0 Å². The van der Waals surface area contributed by atoms with Crippen molar-refractivity contribution in [2.45, 2.75) is 13.4 Å². The number of aliphatic hydroxyl groups is 1. The first-order valence-corrected chi connectivity index (χ1v) is 3.46. The van der Waals surface area contributed by atoms with Crippen LogP contribution in [0.15, 0.2) is 24.4 Å². The van der Waals surface area contributed by atoms with E-state index in [1.165, 1.54) is 6.82 Å². The fraction of sp³-hybridized carbons (Fsp3) is 0.375. The van der Waals surface area contributed by atoms with Crippen molar-refractivity contribution in [3.05, 3.63) is 30.1 Å². The smallest absolute Gasteiger partial charge is 0.206 e. The molecule has 0 bridgehead atoms. The Hall–Kier alpha value is -0.825. The van der Waals surface area contributed by atoms with Gasteiger partial charge >= 0.3 is 0 Å². The topological polar surface area (TPSA) is 24.1 Å². The van der Waals surface area contributed by atoms with E-state index in [9.17, 15) is 0 Å². The lowest BCUT2D eigenvalue weighted by molar-refractivity contribution is -0.681. The first-order valence-electron chi connectivity index (χ1n) is 3.46. The van der Waals surface area contributed by atoms with Crippen LogP contribution in [0.4, 0.5) is 0 Å². The Morgan fingerprint density at radius 1 is 1.45 bits per heavy atom. The van der Waals surface area contributed by atoms with Crippen LogP contribution >= 0.6 is 0 Å². The summed E-state index contributed by atoms with van der Waals surface area (Å²) in [6, 6.07) is 5.73. The van der Waals surface area contributed by atoms with Crippen LogP contribution in [0.1, 0.15) is 5.69 Å². The van der Waals surface area contributed by atoms with Gasteiger partial charge < -0.3 is 5.11 Å². The first kappa shape index (κ1) is 10.2. The molecule has 0 saturated heterocycles. The van der Waals surface area contributed by atoms with E-state index in [0.717, 1.165) is 5.69 Å². The van der Waals surface area contributed by atoms with E-state index < -0.39 is 0 Å². The molecule has 0 aromatic carbocycles. The molecule has 0 spiro atoms. The van der Waals surface area contributed by atoms with Crippen LogP contribution in [0, 0.1) is 0 Å². The minimum absolute atomic E-state index is 0.108. The molecule has 1 aromatic heterocycles. The lowest BCUT2D eigenvalue weighted by Gasteiger charge is -1.91. The van der Waals surface area contributed by atoms with E-state index in [0.29, 0.717) is 0 Å². The molecular weight excluding hydrogens is 137 g/mol. The number of aliphatic hydroxyl groups excluding tert-OH is 1. The van der Waals surface area contributed by atoms with Gasteiger partial charge in [-0.05, 0) is 0 Å². The van der Waals surface area contributed by atoms with Gasteiger partial charge in [-0.15, -0.1) is 0 Å². The van der Waals surface area contributed by atoms with E-state index in [-0.39, 0.29) is 6.61 Å². The predicted molar refractivity (Wildman–Crippen MR) is 45.2 cm³/mol. The molecular formula is C8H13BNO+. The average molecular weight is 150 g/mol. The normalized spacial score (nSPS) is 8.27. The van der Waals surface area contributed by atoms with Crippen LogP contribution in [-0.4, -0.2) is 13.0 Å². The maximum Gasteiger partial charge on any atom is 0.206 e. The molecule has 0 aliphatic heterocycles. The Morgan fingerprint density at radius 2 is 2.09 bits per heavy atom. The highest BCUT2D eigenvalue weighted by Gasteiger charge is 1.98. The Labute approximate surface area is 68.9 Å². The van der Waals surface area contributed by atoms with Gasteiger partial charge in [0.2, 0.25) is 5.69 Å². The summed E-state index contributed by atoms with van der Waals surface area (Å²) in [6.45, 7) is 1.61. The molecule has 1 N–H and O–H groups in total. The van der Waals surface area contributed by atoms with Crippen LogP contribution < -0.4 is 4.57 Å². The Bertz CT molecular complexity index is 203. The number of aromatic nitrogens is 1. The van der Waals surface area contributed by atoms with Crippen molar-refractivity contribution in [3.63, 3.8) is 0 Å². The fourth-order valence-corrected chi connectivity index (χ4v) is 0.723. The van der Waals surface area contributed by atoms with Gasteiger partial charge in [0.15, 0.2) is 6.20 Å². The average Bonchev–Trinajstić information content (AvgIpc) is 2.09. The maximum atomic E-state index is 8.70. The van der Waals surface area contributed by atoms with Gasteiger partial charge in [-0.1, -0.05) is 12.9 Å². The molecule has 0 atom stereocenters. The van der Waals surface area contributed by atoms with Crippen LogP contribution in [-0.2, 0) is 13.7 Å². The quantitative estimate of drug-likeness (QED) is 0.449. The second-order valence-electron chi connectivity index (χ2n) is 1.96. The lowest BCUT2D eigenvalue weighted by atomic mass is 10.2. The fourth-order valence-electron chi connectivity index (χ4n) is 0.723. The van der Waals surface area contributed by atoms with Gasteiger partial charge in [0.1, 0.15) is 13.7 Å². The molecule has 2 radical (unpaired) electrons. The predicted octanol–water partition coefficient (Wildman–Crippen LogP) is 0.206. The largest absolute Gasteiger partial charge is 0.385 e. The van der Waals surface area contributed by atoms with Crippen molar-refractivity contribution < 1.29 is 9.67 Å². The minimum atomic E-state index is 0.108. The molecule has 1 rings (SSSR count). The third kappa shape index (κ3) is 3.19. The SMILES string of the molecule is C[n+]1ccccc1CO.[B]C. The zero-order chi connectivity index (χ0) is 8.69. The summed E-state index contributed by atoms with van der Waals surface area (Å²) in [5.41, 5.74) is 0.928. The van der Waals surface area contributed by atoms with Crippen molar-refractivity contribution >= 4 is 7.85 Å². The maximum absolute atomic E-state index is 8.70. The molecule has 3 heteroatoms. The third-order valence-electron chi connectivity index (χ3n) is 1.32. The number of pyridine rings is 1. The molecule has 2 nitrogen and oxygen atoms in total. The number of hydrogen-bond acceptors (Lipinski definition) is 1. The van der Waals surface area contributed by atoms with Crippen molar-refractivity contribution in [2.24, 2.45) is 7.05 Å². The Balaban J connectivity index is 0.000000461. The Morgan fingerprint density at radius 3 is 2.45 bits per heavy atom. The summed E-state index contributed by atoms with van der Waals surface area (Å²) in [5, 5.41) is 8.70. The van der Waals surface area contributed by atoms with E-state index >= 15 is 0 Å². The van der Waals surface area contributed by atoms with Crippen molar-refractivity contribution in [2.75, 3.05) is 0 Å². The molecule has 1 aromatic rings. The lowest BCUT2D eigenvalue weighted by Crippen LogP contribution is -2.32. The highest BCUT2D eigenvalue weighted by Crippen LogP contribution is 1.87. The molecule has 11 heavy (non-hydrogen) atoms. The summed E-state index contributed by atoms with van der Waals surface area (Å²) in [7, 11) is 6.41. The summed E-state index contributed by atoms with van der Waals surface area (Å²) in [5.74, 6) is 0. The molecule has 0 amide bonds. The third-order valence-corrected chi connectivity index (χ3v) is 1.32. The molecule has 1 heterocycles. The van der Waals surface area contributed by atoms with Crippen LogP contribution in [0.25, 0.3) is 0 Å². The van der Waals surface area contributed by atoms with Gasteiger partial charge in [0.05, 0.1) is 7.85 Å². The van der Waals surface area contributed by atoms with Gasteiger partial charge in [0, 0.05) is 12.1 Å². The molecule has 0 aliphatic rings. The minimum Gasteiger partial charge on any atom is -0.385 e. The first-order chi connectivity index (χ1) is 5.34. The van der Waals surface area contributed by atoms with E-state index in [4.69, 9.17) is 5.11 Å². The molecule has 0 unspecified atom stereocenters. The van der Waals surface area contributed by atoms with Gasteiger partial charge in [-0.25, -0.2) is 4.57 Å².